The van der Waals surface area contributed by atoms with Gasteiger partial charge in [0, 0.05) is 16.9 Å². The zero-order valence-corrected chi connectivity index (χ0v) is 17.2. The van der Waals surface area contributed by atoms with Crippen LogP contribution in [-0.4, -0.2) is 26.3 Å². The van der Waals surface area contributed by atoms with Gasteiger partial charge in [-0.15, -0.1) is 0 Å². The predicted octanol–water partition coefficient (Wildman–Crippen LogP) is 4.20. The Labute approximate surface area is 183 Å². The van der Waals surface area contributed by atoms with E-state index in [1.807, 2.05) is 47.0 Å². The van der Waals surface area contributed by atoms with Crippen LogP contribution in [0.4, 0.5) is 11.6 Å². The Bertz CT molecular complexity index is 1270. The number of rotatable bonds is 5. The lowest BCUT2D eigenvalue weighted by Gasteiger charge is -2.15. The number of carbonyl (C=O) groups is 2. The third-order valence-corrected chi connectivity index (χ3v) is 5.49. The van der Waals surface area contributed by atoms with Crippen molar-refractivity contribution in [2.45, 2.75) is 19.0 Å². The molecule has 0 saturated heterocycles. The maximum Gasteiger partial charge on any atom is 0.253 e. The monoisotopic (exact) mass is 431 g/mol. The van der Waals surface area contributed by atoms with Gasteiger partial charge in [-0.05, 0) is 48.5 Å². The molecule has 8 heteroatoms. The number of benzene rings is 2. The summed E-state index contributed by atoms with van der Waals surface area (Å²) >= 11 is 5.91. The van der Waals surface area contributed by atoms with Crippen molar-refractivity contribution in [3.05, 3.63) is 83.6 Å². The van der Waals surface area contributed by atoms with Crippen LogP contribution in [0, 0.1) is 0 Å². The minimum atomic E-state index is -0.682. The van der Waals surface area contributed by atoms with Crippen LogP contribution in [0.3, 0.4) is 0 Å². The Morgan fingerprint density at radius 3 is 2.58 bits per heavy atom. The van der Waals surface area contributed by atoms with Gasteiger partial charge in [0.25, 0.3) is 5.91 Å². The molecule has 0 fully saturated rings. The Balaban J connectivity index is 1.46. The number of pyridine rings is 1. The SMILES string of the molecule is O=C(CC1C(=O)N(Cc2ccccn2)c2nc3ccccc3n21)Nc1ccc(Cl)cc1. The van der Waals surface area contributed by atoms with Crippen molar-refractivity contribution in [1.82, 2.24) is 14.5 Å². The van der Waals surface area contributed by atoms with Crippen LogP contribution in [0.25, 0.3) is 11.0 Å². The van der Waals surface area contributed by atoms with Crippen LogP contribution in [0.1, 0.15) is 18.2 Å². The standard InChI is InChI=1S/C23H18ClN5O2/c24-15-8-10-16(11-9-15)26-21(30)13-20-22(31)28(14-17-5-3-4-12-25-17)23-27-18-6-1-2-7-19(18)29(20)23/h1-12,20H,13-14H2,(H,26,30). The molecule has 0 saturated carbocycles. The number of fused-ring (bicyclic) bond motifs is 3. The van der Waals surface area contributed by atoms with Crippen molar-refractivity contribution in [3.63, 3.8) is 0 Å². The minimum Gasteiger partial charge on any atom is -0.326 e. The first-order chi connectivity index (χ1) is 15.1. The van der Waals surface area contributed by atoms with E-state index < -0.39 is 6.04 Å². The molecule has 4 aromatic rings. The molecular formula is C23H18ClN5O2. The summed E-state index contributed by atoms with van der Waals surface area (Å²) in [5.41, 5.74) is 2.97. The Morgan fingerprint density at radius 1 is 1.03 bits per heavy atom. The summed E-state index contributed by atoms with van der Waals surface area (Å²) in [7, 11) is 0. The summed E-state index contributed by atoms with van der Waals surface area (Å²) in [5, 5.41) is 3.42. The van der Waals surface area contributed by atoms with E-state index in [4.69, 9.17) is 11.6 Å². The summed E-state index contributed by atoms with van der Waals surface area (Å²) < 4.78 is 1.85. The molecule has 2 aromatic heterocycles. The van der Waals surface area contributed by atoms with Gasteiger partial charge in [-0.2, -0.15) is 0 Å². The summed E-state index contributed by atoms with van der Waals surface area (Å²) in [5.74, 6) is 0.0930. The van der Waals surface area contributed by atoms with Gasteiger partial charge in [0.2, 0.25) is 11.9 Å². The fraction of sp³-hybridized carbons (Fsp3) is 0.130. The van der Waals surface area contributed by atoms with Crippen molar-refractivity contribution in [2.75, 3.05) is 10.2 Å². The summed E-state index contributed by atoms with van der Waals surface area (Å²) in [6.07, 6.45) is 1.68. The van der Waals surface area contributed by atoms with Crippen molar-refractivity contribution in [3.8, 4) is 0 Å². The number of hydrogen-bond acceptors (Lipinski definition) is 4. The minimum absolute atomic E-state index is 0.00642. The largest absolute Gasteiger partial charge is 0.326 e. The molecule has 2 aromatic carbocycles. The maximum atomic E-state index is 13.3. The summed E-state index contributed by atoms with van der Waals surface area (Å²) in [4.78, 5) is 36.7. The highest BCUT2D eigenvalue weighted by atomic mass is 35.5. The number of anilines is 2. The molecule has 0 spiro atoms. The fourth-order valence-electron chi connectivity index (χ4n) is 3.82. The number of hydrogen-bond donors (Lipinski definition) is 1. The number of nitrogens with zero attached hydrogens (tertiary/aromatic N) is 4. The second kappa shape index (κ2) is 7.85. The van der Waals surface area contributed by atoms with E-state index in [-0.39, 0.29) is 24.8 Å². The van der Waals surface area contributed by atoms with Crippen LogP contribution in [0.2, 0.25) is 5.02 Å². The van der Waals surface area contributed by atoms with Gasteiger partial charge >= 0.3 is 0 Å². The number of aromatic nitrogens is 3. The van der Waals surface area contributed by atoms with Gasteiger partial charge in [0.05, 0.1) is 29.7 Å². The topological polar surface area (TPSA) is 80.1 Å². The lowest BCUT2D eigenvalue weighted by Crippen LogP contribution is -2.31. The van der Waals surface area contributed by atoms with Crippen molar-refractivity contribution >= 4 is 46.1 Å². The van der Waals surface area contributed by atoms with E-state index in [1.54, 1.807) is 35.4 Å². The summed E-state index contributed by atoms with van der Waals surface area (Å²) in [6, 6.07) is 19.3. The molecule has 5 rings (SSSR count). The average molecular weight is 432 g/mol. The van der Waals surface area contributed by atoms with Crippen LogP contribution >= 0.6 is 11.6 Å². The number of amides is 2. The van der Waals surface area contributed by atoms with Gasteiger partial charge in [-0.1, -0.05) is 29.8 Å². The van der Waals surface area contributed by atoms with Gasteiger partial charge in [-0.25, -0.2) is 4.98 Å². The third kappa shape index (κ3) is 3.64. The highest BCUT2D eigenvalue weighted by Gasteiger charge is 2.41. The van der Waals surface area contributed by atoms with E-state index >= 15 is 0 Å². The summed E-state index contributed by atoms with van der Waals surface area (Å²) in [6.45, 7) is 0.290. The molecule has 7 nitrogen and oxygen atoms in total. The lowest BCUT2D eigenvalue weighted by atomic mass is 10.1. The van der Waals surface area contributed by atoms with E-state index in [1.165, 1.54) is 0 Å². The number of carbonyl (C=O) groups excluding carboxylic acids is 2. The first-order valence-corrected chi connectivity index (χ1v) is 10.2. The maximum absolute atomic E-state index is 13.3. The fourth-order valence-corrected chi connectivity index (χ4v) is 3.95. The van der Waals surface area contributed by atoms with Crippen molar-refractivity contribution in [2.24, 2.45) is 0 Å². The third-order valence-electron chi connectivity index (χ3n) is 5.23. The molecule has 1 aliphatic heterocycles. The highest BCUT2D eigenvalue weighted by molar-refractivity contribution is 6.30. The molecular weight excluding hydrogens is 414 g/mol. The van der Waals surface area contributed by atoms with Gasteiger partial charge in [-0.3, -0.25) is 24.0 Å². The smallest absolute Gasteiger partial charge is 0.253 e. The Morgan fingerprint density at radius 2 is 1.81 bits per heavy atom. The first-order valence-electron chi connectivity index (χ1n) is 9.84. The molecule has 0 radical (unpaired) electrons. The van der Waals surface area contributed by atoms with E-state index in [2.05, 4.69) is 15.3 Å². The van der Waals surface area contributed by atoms with Crippen LogP contribution < -0.4 is 10.2 Å². The zero-order chi connectivity index (χ0) is 21.4. The number of imidazole rings is 1. The molecule has 31 heavy (non-hydrogen) atoms. The number of halogens is 1. The molecule has 154 valence electrons. The molecule has 1 unspecified atom stereocenters. The molecule has 1 aliphatic rings. The van der Waals surface area contributed by atoms with Crippen LogP contribution in [0.15, 0.2) is 72.9 Å². The average Bonchev–Trinajstić information content (AvgIpc) is 3.27. The van der Waals surface area contributed by atoms with E-state index in [0.717, 1.165) is 16.7 Å². The Kier molecular flexibility index (Phi) is 4.88. The zero-order valence-electron chi connectivity index (χ0n) is 16.4. The number of para-hydroxylation sites is 2. The number of nitrogens with one attached hydrogen (secondary N) is 1. The highest BCUT2D eigenvalue weighted by Crippen LogP contribution is 2.37. The van der Waals surface area contributed by atoms with Crippen LogP contribution in [0.5, 0.6) is 0 Å². The van der Waals surface area contributed by atoms with Crippen molar-refractivity contribution < 1.29 is 9.59 Å². The van der Waals surface area contributed by atoms with Gasteiger partial charge < -0.3 is 5.32 Å². The van der Waals surface area contributed by atoms with E-state index in [0.29, 0.717) is 16.7 Å². The van der Waals surface area contributed by atoms with Crippen molar-refractivity contribution in [1.29, 1.82) is 0 Å². The molecule has 2 amide bonds. The second-order valence-corrected chi connectivity index (χ2v) is 7.73. The Hall–Kier alpha value is -3.71. The molecule has 1 atom stereocenters. The quantitative estimate of drug-likeness (QED) is 0.513. The van der Waals surface area contributed by atoms with E-state index in [9.17, 15) is 9.59 Å². The first kappa shape index (κ1) is 19.3. The predicted molar refractivity (Wildman–Crippen MR) is 119 cm³/mol. The molecule has 1 N–H and O–H groups in total. The normalized spacial score (nSPS) is 15.3. The molecule has 3 heterocycles. The molecule has 0 aliphatic carbocycles. The van der Waals surface area contributed by atoms with Gasteiger partial charge in [0.15, 0.2) is 0 Å². The lowest BCUT2D eigenvalue weighted by molar-refractivity contribution is -0.124. The van der Waals surface area contributed by atoms with Crippen LogP contribution in [-0.2, 0) is 16.1 Å². The second-order valence-electron chi connectivity index (χ2n) is 7.29. The molecule has 0 bridgehead atoms. The van der Waals surface area contributed by atoms with Gasteiger partial charge in [0.1, 0.15) is 6.04 Å².